The number of likely N-dealkylation sites (N-methyl/N-ethyl adjacent to an activating group) is 1. The number of aliphatic hydroxyl groups is 1. The van der Waals surface area contributed by atoms with Crippen LogP contribution in [0.2, 0.25) is 0 Å². The molecule has 0 atom stereocenters. The molecule has 0 saturated carbocycles. The third-order valence-electron chi connectivity index (χ3n) is 2.98. The molecule has 1 aromatic carbocycles. The summed E-state index contributed by atoms with van der Waals surface area (Å²) in [4.78, 5) is 2.28. The number of methoxy groups -OCH3 is 2. The summed E-state index contributed by atoms with van der Waals surface area (Å²) in [7, 11) is 3.38. The third kappa shape index (κ3) is 4.29. The van der Waals surface area contributed by atoms with E-state index in [0.29, 0.717) is 0 Å². The highest BCUT2D eigenvalue weighted by molar-refractivity contribution is 5.37. The van der Waals surface area contributed by atoms with Gasteiger partial charge in [-0.3, -0.25) is 4.90 Å². The Bertz CT molecular complexity index is 355. The average molecular weight is 253 g/mol. The quantitative estimate of drug-likeness (QED) is 0.765. The number of benzene rings is 1. The number of hydrogen-bond donors (Lipinski definition) is 1. The maximum absolute atomic E-state index is 9.18. The van der Waals surface area contributed by atoms with Gasteiger partial charge in [-0.15, -0.1) is 0 Å². The molecule has 0 unspecified atom stereocenters. The lowest BCUT2D eigenvalue weighted by molar-refractivity contribution is 0.147. The van der Waals surface area contributed by atoms with Crippen molar-refractivity contribution in [3.63, 3.8) is 0 Å². The zero-order valence-electron chi connectivity index (χ0n) is 11.5. The number of aliphatic hydroxyl groups excluding tert-OH is 1. The maximum atomic E-state index is 9.18. The number of rotatable bonds is 8. The monoisotopic (exact) mass is 253 g/mol. The zero-order chi connectivity index (χ0) is 13.4. The minimum Gasteiger partial charge on any atom is -0.496 e. The van der Waals surface area contributed by atoms with Crippen molar-refractivity contribution >= 4 is 0 Å². The second-order valence-corrected chi connectivity index (χ2v) is 4.17. The Balaban J connectivity index is 2.78. The summed E-state index contributed by atoms with van der Waals surface area (Å²) in [6.07, 6.45) is 0. The van der Waals surface area contributed by atoms with Gasteiger partial charge in [-0.05, 0) is 24.2 Å². The highest BCUT2D eigenvalue weighted by Gasteiger charge is 2.09. The molecule has 102 valence electrons. The Kier molecular flexibility index (Phi) is 6.72. The van der Waals surface area contributed by atoms with E-state index in [9.17, 15) is 5.11 Å². The van der Waals surface area contributed by atoms with Crippen LogP contribution in [0.3, 0.4) is 0 Å². The largest absolute Gasteiger partial charge is 0.496 e. The molecule has 18 heavy (non-hydrogen) atoms. The molecule has 0 spiro atoms. The SMILES string of the molecule is CCN(CCOC)Cc1cc(CO)ccc1OC. The molecule has 1 N–H and O–H groups in total. The van der Waals surface area contributed by atoms with Crippen LogP contribution in [0.15, 0.2) is 18.2 Å². The summed E-state index contributed by atoms with van der Waals surface area (Å²) in [5.74, 6) is 0.864. The molecule has 1 aromatic rings. The van der Waals surface area contributed by atoms with Crippen molar-refractivity contribution in [3.8, 4) is 5.75 Å². The fraction of sp³-hybridized carbons (Fsp3) is 0.571. The topological polar surface area (TPSA) is 41.9 Å². The van der Waals surface area contributed by atoms with Gasteiger partial charge in [-0.2, -0.15) is 0 Å². The summed E-state index contributed by atoms with van der Waals surface area (Å²) < 4.78 is 10.5. The Morgan fingerprint density at radius 1 is 1.28 bits per heavy atom. The minimum atomic E-state index is 0.0567. The molecule has 0 fully saturated rings. The molecule has 0 aliphatic heterocycles. The van der Waals surface area contributed by atoms with Crippen LogP contribution in [0.25, 0.3) is 0 Å². The van der Waals surface area contributed by atoms with Crippen LogP contribution < -0.4 is 4.74 Å². The van der Waals surface area contributed by atoms with E-state index < -0.39 is 0 Å². The fourth-order valence-corrected chi connectivity index (χ4v) is 1.86. The van der Waals surface area contributed by atoms with Gasteiger partial charge in [0, 0.05) is 25.8 Å². The smallest absolute Gasteiger partial charge is 0.123 e. The molecule has 0 amide bonds. The lowest BCUT2D eigenvalue weighted by Crippen LogP contribution is -2.27. The summed E-state index contributed by atoms with van der Waals surface area (Å²) >= 11 is 0. The molecular weight excluding hydrogens is 230 g/mol. The standard InChI is InChI=1S/C14H23NO3/c1-4-15(7-8-17-2)10-13-9-12(11-16)5-6-14(13)18-3/h5-6,9,16H,4,7-8,10-11H2,1-3H3. The third-order valence-corrected chi connectivity index (χ3v) is 2.98. The van der Waals surface area contributed by atoms with Crippen LogP contribution in [0.4, 0.5) is 0 Å². The first-order chi connectivity index (χ1) is 8.74. The predicted molar refractivity (Wildman–Crippen MR) is 71.7 cm³/mol. The Hall–Kier alpha value is -1.10. The van der Waals surface area contributed by atoms with E-state index in [1.54, 1.807) is 14.2 Å². The molecule has 1 rings (SSSR count). The lowest BCUT2D eigenvalue weighted by Gasteiger charge is -2.21. The molecule has 4 nitrogen and oxygen atoms in total. The molecule has 0 aliphatic rings. The van der Waals surface area contributed by atoms with Crippen LogP contribution in [-0.2, 0) is 17.9 Å². The van der Waals surface area contributed by atoms with E-state index in [1.807, 2.05) is 18.2 Å². The van der Waals surface area contributed by atoms with Crippen molar-refractivity contribution in [2.75, 3.05) is 33.9 Å². The van der Waals surface area contributed by atoms with Gasteiger partial charge >= 0.3 is 0 Å². The van der Waals surface area contributed by atoms with Crippen molar-refractivity contribution in [1.29, 1.82) is 0 Å². The molecule has 0 heterocycles. The second kappa shape index (κ2) is 8.08. The van der Waals surface area contributed by atoms with Gasteiger partial charge in [0.05, 0.1) is 20.3 Å². The minimum absolute atomic E-state index is 0.0567. The first-order valence-electron chi connectivity index (χ1n) is 6.23. The van der Waals surface area contributed by atoms with Crippen LogP contribution in [0, 0.1) is 0 Å². The highest BCUT2D eigenvalue weighted by Crippen LogP contribution is 2.21. The van der Waals surface area contributed by atoms with Gasteiger partial charge in [-0.25, -0.2) is 0 Å². The Morgan fingerprint density at radius 2 is 2.06 bits per heavy atom. The van der Waals surface area contributed by atoms with E-state index in [2.05, 4.69) is 11.8 Å². The van der Waals surface area contributed by atoms with Gasteiger partial charge in [0.1, 0.15) is 5.75 Å². The van der Waals surface area contributed by atoms with Crippen LogP contribution >= 0.6 is 0 Å². The summed E-state index contributed by atoms with van der Waals surface area (Å²) in [5.41, 5.74) is 2.01. The van der Waals surface area contributed by atoms with Crippen LogP contribution in [0.1, 0.15) is 18.1 Å². The molecular formula is C14H23NO3. The zero-order valence-corrected chi connectivity index (χ0v) is 11.5. The van der Waals surface area contributed by atoms with E-state index in [0.717, 1.165) is 43.1 Å². The van der Waals surface area contributed by atoms with E-state index >= 15 is 0 Å². The van der Waals surface area contributed by atoms with Gasteiger partial charge in [0.25, 0.3) is 0 Å². The Morgan fingerprint density at radius 3 is 2.61 bits per heavy atom. The second-order valence-electron chi connectivity index (χ2n) is 4.17. The molecule has 0 bridgehead atoms. The normalized spacial score (nSPS) is 10.9. The number of ether oxygens (including phenoxy) is 2. The van der Waals surface area contributed by atoms with Crippen molar-refractivity contribution in [2.24, 2.45) is 0 Å². The van der Waals surface area contributed by atoms with E-state index in [4.69, 9.17) is 9.47 Å². The van der Waals surface area contributed by atoms with Crippen molar-refractivity contribution < 1.29 is 14.6 Å². The van der Waals surface area contributed by atoms with E-state index in [1.165, 1.54) is 0 Å². The number of nitrogens with zero attached hydrogens (tertiary/aromatic N) is 1. The lowest BCUT2D eigenvalue weighted by atomic mass is 10.1. The van der Waals surface area contributed by atoms with E-state index in [-0.39, 0.29) is 6.61 Å². The fourth-order valence-electron chi connectivity index (χ4n) is 1.86. The molecule has 0 aromatic heterocycles. The molecule has 0 aliphatic carbocycles. The van der Waals surface area contributed by atoms with Crippen molar-refractivity contribution in [2.45, 2.75) is 20.1 Å². The van der Waals surface area contributed by atoms with Gasteiger partial charge in [0.15, 0.2) is 0 Å². The van der Waals surface area contributed by atoms with Gasteiger partial charge < -0.3 is 14.6 Å². The summed E-state index contributed by atoms with van der Waals surface area (Å²) in [6.45, 7) is 5.54. The number of hydrogen-bond acceptors (Lipinski definition) is 4. The average Bonchev–Trinajstić information content (AvgIpc) is 2.43. The maximum Gasteiger partial charge on any atom is 0.123 e. The van der Waals surface area contributed by atoms with Crippen LogP contribution in [0.5, 0.6) is 5.75 Å². The summed E-state index contributed by atoms with van der Waals surface area (Å²) in [6, 6.07) is 5.78. The van der Waals surface area contributed by atoms with Gasteiger partial charge in [0.2, 0.25) is 0 Å². The molecule has 4 heteroatoms. The van der Waals surface area contributed by atoms with Crippen molar-refractivity contribution in [3.05, 3.63) is 29.3 Å². The molecule has 0 saturated heterocycles. The van der Waals surface area contributed by atoms with Crippen molar-refractivity contribution in [1.82, 2.24) is 4.90 Å². The Labute approximate surface area is 109 Å². The first-order valence-corrected chi connectivity index (χ1v) is 6.23. The van der Waals surface area contributed by atoms with Crippen LogP contribution in [-0.4, -0.2) is 43.9 Å². The van der Waals surface area contributed by atoms with Gasteiger partial charge in [-0.1, -0.05) is 13.0 Å². The molecule has 0 radical (unpaired) electrons. The highest BCUT2D eigenvalue weighted by atomic mass is 16.5. The predicted octanol–water partition coefficient (Wildman–Crippen LogP) is 1.66. The first kappa shape index (κ1) is 15.0. The summed E-state index contributed by atoms with van der Waals surface area (Å²) in [5, 5.41) is 9.18.